The van der Waals surface area contributed by atoms with E-state index in [-0.39, 0.29) is 5.91 Å². The molecule has 3 heteroatoms. The van der Waals surface area contributed by atoms with Crippen LogP contribution >= 0.6 is 0 Å². The Morgan fingerprint density at radius 2 is 1.70 bits per heavy atom. The number of anilines is 1. The van der Waals surface area contributed by atoms with Crippen molar-refractivity contribution in [1.29, 1.82) is 0 Å². The van der Waals surface area contributed by atoms with E-state index in [4.69, 9.17) is 4.74 Å². The summed E-state index contributed by atoms with van der Waals surface area (Å²) in [4.78, 5) is 12.6. The zero-order chi connectivity index (χ0) is 16.4. The molecule has 116 valence electrons. The number of hydrogen-bond acceptors (Lipinski definition) is 2. The smallest absolute Gasteiger partial charge is 0.259 e. The van der Waals surface area contributed by atoms with E-state index >= 15 is 0 Å². The molecule has 0 aliphatic rings. The van der Waals surface area contributed by atoms with Gasteiger partial charge in [0.15, 0.2) is 0 Å². The second-order valence-corrected chi connectivity index (χ2v) is 5.73. The highest BCUT2D eigenvalue weighted by atomic mass is 16.5. The third kappa shape index (κ3) is 3.19. The molecule has 0 spiro atoms. The molecule has 0 saturated carbocycles. The highest BCUT2D eigenvalue weighted by molar-refractivity contribution is 6.08. The van der Waals surface area contributed by atoms with E-state index < -0.39 is 0 Å². The van der Waals surface area contributed by atoms with Crippen molar-refractivity contribution in [2.45, 2.75) is 13.8 Å². The van der Waals surface area contributed by atoms with Crippen LogP contribution in [0.5, 0.6) is 5.75 Å². The minimum absolute atomic E-state index is 0.171. The Kier molecular flexibility index (Phi) is 4.02. The summed E-state index contributed by atoms with van der Waals surface area (Å²) in [6, 6.07) is 17.7. The van der Waals surface area contributed by atoms with E-state index in [9.17, 15) is 4.79 Å². The maximum atomic E-state index is 12.6. The number of aryl methyl sites for hydroxylation is 2. The summed E-state index contributed by atoms with van der Waals surface area (Å²) in [6.07, 6.45) is 0. The van der Waals surface area contributed by atoms with E-state index in [1.165, 1.54) is 5.56 Å². The van der Waals surface area contributed by atoms with Gasteiger partial charge in [0.1, 0.15) is 5.75 Å². The molecule has 23 heavy (non-hydrogen) atoms. The highest BCUT2D eigenvalue weighted by Crippen LogP contribution is 2.27. The van der Waals surface area contributed by atoms with Crippen molar-refractivity contribution in [2.24, 2.45) is 0 Å². The Morgan fingerprint density at radius 1 is 0.913 bits per heavy atom. The van der Waals surface area contributed by atoms with Crippen molar-refractivity contribution >= 4 is 22.4 Å². The van der Waals surface area contributed by atoms with Crippen molar-refractivity contribution in [3.8, 4) is 5.75 Å². The number of hydrogen-bond donors (Lipinski definition) is 1. The van der Waals surface area contributed by atoms with Gasteiger partial charge in [-0.25, -0.2) is 0 Å². The van der Waals surface area contributed by atoms with Gasteiger partial charge in [-0.1, -0.05) is 35.9 Å². The molecule has 1 amide bonds. The molecule has 3 nitrogen and oxygen atoms in total. The van der Waals surface area contributed by atoms with Gasteiger partial charge in [0, 0.05) is 5.69 Å². The normalized spacial score (nSPS) is 10.6. The van der Waals surface area contributed by atoms with Crippen LogP contribution in [-0.4, -0.2) is 13.0 Å². The quantitative estimate of drug-likeness (QED) is 0.760. The number of carbonyl (C=O) groups is 1. The summed E-state index contributed by atoms with van der Waals surface area (Å²) in [5.41, 5.74) is 3.59. The van der Waals surface area contributed by atoms with Crippen LogP contribution in [-0.2, 0) is 0 Å². The van der Waals surface area contributed by atoms with Crippen LogP contribution < -0.4 is 10.1 Å². The van der Waals surface area contributed by atoms with Crippen LogP contribution in [0.2, 0.25) is 0 Å². The SMILES string of the molecule is COc1cc2cc(C)ccc2cc1C(=O)Nc1cccc(C)c1. The van der Waals surface area contributed by atoms with Crippen molar-refractivity contribution in [3.63, 3.8) is 0 Å². The van der Waals surface area contributed by atoms with E-state index in [1.54, 1.807) is 7.11 Å². The first-order valence-electron chi connectivity index (χ1n) is 7.53. The number of rotatable bonds is 3. The second kappa shape index (κ2) is 6.13. The average Bonchev–Trinajstić information content (AvgIpc) is 2.53. The third-order valence-electron chi connectivity index (χ3n) is 3.83. The number of methoxy groups -OCH3 is 1. The van der Waals surface area contributed by atoms with Crippen molar-refractivity contribution in [3.05, 3.63) is 71.3 Å². The summed E-state index contributed by atoms with van der Waals surface area (Å²) < 4.78 is 5.42. The molecule has 0 fully saturated rings. The van der Waals surface area contributed by atoms with Gasteiger partial charge < -0.3 is 10.1 Å². The Balaban J connectivity index is 2.00. The van der Waals surface area contributed by atoms with Crippen LogP contribution in [0, 0.1) is 13.8 Å². The monoisotopic (exact) mass is 305 g/mol. The Bertz CT molecular complexity index is 884. The van der Waals surface area contributed by atoms with Gasteiger partial charge in [-0.15, -0.1) is 0 Å². The van der Waals surface area contributed by atoms with Gasteiger partial charge in [-0.2, -0.15) is 0 Å². The summed E-state index contributed by atoms with van der Waals surface area (Å²) in [7, 11) is 1.58. The number of amides is 1. The molecule has 1 N–H and O–H groups in total. The zero-order valence-electron chi connectivity index (χ0n) is 13.5. The van der Waals surface area contributed by atoms with Crippen LogP contribution in [0.4, 0.5) is 5.69 Å². The standard InChI is InChI=1S/C20H19NO2/c1-13-5-4-6-17(10-13)21-20(22)18-11-15-8-7-14(2)9-16(15)12-19(18)23-3/h4-12H,1-3H3,(H,21,22). The van der Waals surface area contributed by atoms with E-state index in [2.05, 4.69) is 11.4 Å². The van der Waals surface area contributed by atoms with Gasteiger partial charge >= 0.3 is 0 Å². The molecule has 3 aromatic rings. The number of fused-ring (bicyclic) bond motifs is 1. The fourth-order valence-electron chi connectivity index (χ4n) is 2.66. The number of benzene rings is 3. The predicted octanol–water partition coefficient (Wildman–Crippen LogP) is 4.72. The summed E-state index contributed by atoms with van der Waals surface area (Å²) in [5, 5.41) is 5.01. The first kappa shape index (κ1) is 15.1. The van der Waals surface area contributed by atoms with Crippen molar-refractivity contribution in [1.82, 2.24) is 0 Å². The van der Waals surface area contributed by atoms with Crippen LogP contribution in [0.3, 0.4) is 0 Å². The molecule has 0 bridgehead atoms. The Morgan fingerprint density at radius 3 is 2.43 bits per heavy atom. The van der Waals surface area contributed by atoms with E-state index in [0.29, 0.717) is 11.3 Å². The van der Waals surface area contributed by atoms with Crippen molar-refractivity contribution in [2.75, 3.05) is 12.4 Å². The average molecular weight is 305 g/mol. The van der Waals surface area contributed by atoms with E-state index in [1.807, 2.05) is 62.4 Å². The molecule has 0 heterocycles. The minimum atomic E-state index is -0.171. The predicted molar refractivity (Wildman–Crippen MR) is 94.4 cm³/mol. The molecule has 0 saturated heterocycles. The highest BCUT2D eigenvalue weighted by Gasteiger charge is 2.14. The maximum Gasteiger partial charge on any atom is 0.259 e. The van der Waals surface area contributed by atoms with Crippen LogP contribution in [0.1, 0.15) is 21.5 Å². The molecule has 3 aromatic carbocycles. The van der Waals surface area contributed by atoms with Gasteiger partial charge in [-0.3, -0.25) is 4.79 Å². The largest absolute Gasteiger partial charge is 0.496 e. The molecular weight excluding hydrogens is 286 g/mol. The molecule has 0 radical (unpaired) electrons. The maximum absolute atomic E-state index is 12.6. The first-order chi connectivity index (χ1) is 11.1. The fraction of sp³-hybridized carbons (Fsp3) is 0.150. The lowest BCUT2D eigenvalue weighted by atomic mass is 10.0. The second-order valence-electron chi connectivity index (χ2n) is 5.73. The minimum Gasteiger partial charge on any atom is -0.496 e. The summed E-state index contributed by atoms with van der Waals surface area (Å²) in [6.45, 7) is 4.04. The lowest BCUT2D eigenvalue weighted by Gasteiger charge is -2.12. The van der Waals surface area contributed by atoms with Gasteiger partial charge in [0.05, 0.1) is 12.7 Å². The lowest BCUT2D eigenvalue weighted by Crippen LogP contribution is -2.13. The molecule has 0 aliphatic carbocycles. The fourth-order valence-corrected chi connectivity index (χ4v) is 2.66. The lowest BCUT2D eigenvalue weighted by molar-refractivity contribution is 0.102. The molecule has 0 aliphatic heterocycles. The molecule has 0 unspecified atom stereocenters. The van der Waals surface area contributed by atoms with Crippen LogP contribution in [0.15, 0.2) is 54.6 Å². The molecule has 3 rings (SSSR count). The zero-order valence-corrected chi connectivity index (χ0v) is 13.5. The topological polar surface area (TPSA) is 38.3 Å². The van der Waals surface area contributed by atoms with Crippen LogP contribution in [0.25, 0.3) is 10.8 Å². The van der Waals surface area contributed by atoms with Gasteiger partial charge in [0.2, 0.25) is 0 Å². The molecular formula is C20H19NO2. The van der Waals surface area contributed by atoms with Crippen molar-refractivity contribution < 1.29 is 9.53 Å². The third-order valence-corrected chi connectivity index (χ3v) is 3.83. The Labute approximate surface area is 135 Å². The Hall–Kier alpha value is -2.81. The van der Waals surface area contributed by atoms with E-state index in [0.717, 1.165) is 22.0 Å². The summed E-state index contributed by atoms with van der Waals surface area (Å²) in [5.74, 6) is 0.406. The first-order valence-corrected chi connectivity index (χ1v) is 7.53. The molecule has 0 aromatic heterocycles. The molecule has 0 atom stereocenters. The number of carbonyl (C=O) groups excluding carboxylic acids is 1. The number of nitrogens with one attached hydrogen (secondary N) is 1. The summed E-state index contributed by atoms with van der Waals surface area (Å²) >= 11 is 0. The van der Waals surface area contributed by atoms with Gasteiger partial charge in [0.25, 0.3) is 5.91 Å². The van der Waals surface area contributed by atoms with Gasteiger partial charge in [-0.05, 0) is 54.4 Å². The number of ether oxygens (including phenoxy) is 1.